The Bertz CT molecular complexity index is 1020. The molecule has 0 aliphatic carbocycles. The SMILES string of the molecule is CCn1cc(N2Cc3nc(-c4cnc(OC)nc4OC)ccc3C2=O)cn1. The van der Waals surface area contributed by atoms with Crippen molar-refractivity contribution >= 4 is 11.6 Å². The highest BCUT2D eigenvalue weighted by Crippen LogP contribution is 2.32. The molecule has 1 amide bonds. The third-order valence-electron chi connectivity index (χ3n) is 4.40. The van der Waals surface area contributed by atoms with Crippen molar-refractivity contribution in [2.75, 3.05) is 19.1 Å². The van der Waals surface area contributed by atoms with Crippen molar-refractivity contribution in [2.45, 2.75) is 20.0 Å². The van der Waals surface area contributed by atoms with E-state index in [9.17, 15) is 4.79 Å². The molecule has 3 aromatic rings. The van der Waals surface area contributed by atoms with E-state index >= 15 is 0 Å². The van der Waals surface area contributed by atoms with Crippen molar-refractivity contribution in [1.29, 1.82) is 0 Å². The second-order valence-electron chi connectivity index (χ2n) is 5.92. The Kier molecular flexibility index (Phi) is 4.19. The molecule has 0 saturated heterocycles. The molecule has 3 aromatic heterocycles. The van der Waals surface area contributed by atoms with Crippen LogP contribution in [0.2, 0.25) is 0 Å². The Morgan fingerprint density at radius 1 is 1.11 bits per heavy atom. The Balaban J connectivity index is 1.69. The zero-order valence-electron chi connectivity index (χ0n) is 15.2. The van der Waals surface area contributed by atoms with Crippen LogP contribution in [0.4, 0.5) is 5.69 Å². The topological polar surface area (TPSA) is 95.3 Å². The van der Waals surface area contributed by atoms with E-state index in [1.54, 1.807) is 34.1 Å². The van der Waals surface area contributed by atoms with Crippen LogP contribution >= 0.6 is 0 Å². The fraction of sp³-hybridized carbons (Fsp3) is 0.278. The summed E-state index contributed by atoms with van der Waals surface area (Å²) in [5.41, 5.74) is 3.29. The molecule has 0 spiro atoms. The highest BCUT2D eigenvalue weighted by atomic mass is 16.5. The molecule has 138 valence electrons. The summed E-state index contributed by atoms with van der Waals surface area (Å²) in [6.07, 6.45) is 5.14. The number of carbonyl (C=O) groups is 1. The molecule has 0 unspecified atom stereocenters. The molecular formula is C18H18N6O3. The first-order chi connectivity index (χ1) is 13.1. The number of hydrogen-bond acceptors (Lipinski definition) is 7. The summed E-state index contributed by atoms with van der Waals surface area (Å²) < 4.78 is 12.1. The van der Waals surface area contributed by atoms with Crippen LogP contribution in [0, 0.1) is 0 Å². The van der Waals surface area contributed by atoms with Crippen LogP contribution in [0.3, 0.4) is 0 Å². The van der Waals surface area contributed by atoms with Gasteiger partial charge in [0.25, 0.3) is 5.91 Å². The number of aromatic nitrogens is 5. The van der Waals surface area contributed by atoms with Crippen LogP contribution in [0.15, 0.2) is 30.7 Å². The van der Waals surface area contributed by atoms with E-state index in [0.29, 0.717) is 34.9 Å². The van der Waals surface area contributed by atoms with Gasteiger partial charge in [0.1, 0.15) is 0 Å². The number of nitrogens with zero attached hydrogens (tertiary/aromatic N) is 6. The van der Waals surface area contributed by atoms with Gasteiger partial charge >= 0.3 is 6.01 Å². The normalized spacial score (nSPS) is 13.0. The quantitative estimate of drug-likeness (QED) is 0.681. The number of ether oxygens (including phenoxy) is 2. The van der Waals surface area contributed by atoms with E-state index < -0.39 is 0 Å². The Hall–Kier alpha value is -3.49. The molecule has 0 aromatic carbocycles. The number of methoxy groups -OCH3 is 2. The summed E-state index contributed by atoms with van der Waals surface area (Å²) >= 11 is 0. The van der Waals surface area contributed by atoms with Gasteiger partial charge in [-0.1, -0.05) is 0 Å². The first-order valence-corrected chi connectivity index (χ1v) is 8.44. The summed E-state index contributed by atoms with van der Waals surface area (Å²) in [6, 6.07) is 3.75. The van der Waals surface area contributed by atoms with Crippen LogP contribution in [0.1, 0.15) is 23.0 Å². The molecule has 0 radical (unpaired) electrons. The van der Waals surface area contributed by atoms with E-state index in [-0.39, 0.29) is 11.9 Å². The van der Waals surface area contributed by atoms with Crippen molar-refractivity contribution in [3.8, 4) is 23.1 Å². The van der Waals surface area contributed by atoms with Gasteiger partial charge in [-0.15, -0.1) is 0 Å². The minimum absolute atomic E-state index is 0.0855. The molecule has 9 nitrogen and oxygen atoms in total. The third kappa shape index (κ3) is 2.86. The lowest BCUT2D eigenvalue weighted by atomic mass is 10.1. The molecular weight excluding hydrogens is 348 g/mol. The average molecular weight is 366 g/mol. The number of anilines is 1. The molecule has 1 aliphatic rings. The molecule has 0 bridgehead atoms. The molecule has 4 heterocycles. The second kappa shape index (κ2) is 6.67. The number of amides is 1. The Morgan fingerprint density at radius 3 is 2.67 bits per heavy atom. The monoisotopic (exact) mass is 366 g/mol. The van der Waals surface area contributed by atoms with E-state index in [1.807, 2.05) is 13.1 Å². The second-order valence-corrected chi connectivity index (χ2v) is 5.92. The minimum atomic E-state index is -0.0855. The van der Waals surface area contributed by atoms with Gasteiger partial charge in [-0.05, 0) is 19.1 Å². The van der Waals surface area contributed by atoms with Gasteiger partial charge in [-0.3, -0.25) is 14.4 Å². The van der Waals surface area contributed by atoms with Crippen LogP contribution < -0.4 is 14.4 Å². The summed E-state index contributed by atoms with van der Waals surface area (Å²) in [5.74, 6) is 0.275. The summed E-state index contributed by atoms with van der Waals surface area (Å²) in [5, 5.41) is 4.24. The van der Waals surface area contributed by atoms with Gasteiger partial charge in [0.2, 0.25) is 5.88 Å². The molecule has 4 rings (SSSR count). The van der Waals surface area contributed by atoms with Crippen molar-refractivity contribution in [1.82, 2.24) is 24.7 Å². The number of carbonyl (C=O) groups excluding carboxylic acids is 1. The molecule has 0 atom stereocenters. The summed E-state index contributed by atoms with van der Waals surface area (Å²) in [7, 11) is 3.01. The lowest BCUT2D eigenvalue weighted by Gasteiger charge is -2.11. The maximum atomic E-state index is 12.7. The maximum absolute atomic E-state index is 12.7. The van der Waals surface area contributed by atoms with Gasteiger partial charge in [0.05, 0.1) is 55.2 Å². The molecule has 0 saturated carbocycles. The predicted molar refractivity (Wildman–Crippen MR) is 96.8 cm³/mol. The summed E-state index contributed by atoms with van der Waals surface area (Å²) in [4.78, 5) is 27.4. The Morgan fingerprint density at radius 2 is 1.96 bits per heavy atom. The van der Waals surface area contributed by atoms with Crippen LogP contribution in [-0.2, 0) is 13.1 Å². The lowest BCUT2D eigenvalue weighted by molar-refractivity contribution is 0.0996. The van der Waals surface area contributed by atoms with Gasteiger partial charge in [-0.25, -0.2) is 9.97 Å². The average Bonchev–Trinajstić information content (AvgIpc) is 3.31. The minimum Gasteiger partial charge on any atom is -0.480 e. The van der Waals surface area contributed by atoms with Crippen LogP contribution in [0.25, 0.3) is 11.3 Å². The first-order valence-electron chi connectivity index (χ1n) is 8.44. The zero-order valence-corrected chi connectivity index (χ0v) is 15.2. The molecule has 1 aliphatic heterocycles. The zero-order chi connectivity index (χ0) is 19.0. The van der Waals surface area contributed by atoms with Crippen LogP contribution in [0.5, 0.6) is 11.9 Å². The largest absolute Gasteiger partial charge is 0.480 e. The number of aryl methyl sites for hydroxylation is 1. The fourth-order valence-corrected chi connectivity index (χ4v) is 2.99. The number of rotatable bonds is 5. The van der Waals surface area contributed by atoms with Gasteiger partial charge in [0.15, 0.2) is 0 Å². The molecule has 0 N–H and O–H groups in total. The number of pyridine rings is 1. The lowest BCUT2D eigenvalue weighted by Crippen LogP contribution is -2.22. The van der Waals surface area contributed by atoms with Gasteiger partial charge in [-0.2, -0.15) is 10.1 Å². The van der Waals surface area contributed by atoms with E-state index in [2.05, 4.69) is 20.1 Å². The van der Waals surface area contributed by atoms with Crippen LogP contribution in [-0.4, -0.2) is 44.9 Å². The maximum Gasteiger partial charge on any atom is 0.319 e. The van der Waals surface area contributed by atoms with E-state index in [4.69, 9.17) is 9.47 Å². The standard InChI is InChI=1S/C18H18N6O3/c1-4-23-9-11(7-20-23)24-10-15-12(17(24)25)5-6-14(21-15)13-8-19-18(27-3)22-16(13)26-2/h5-9H,4,10H2,1-3H3. The van der Waals surface area contributed by atoms with Crippen molar-refractivity contribution < 1.29 is 14.3 Å². The van der Waals surface area contributed by atoms with Crippen molar-refractivity contribution in [3.05, 3.63) is 42.0 Å². The van der Waals surface area contributed by atoms with Crippen molar-refractivity contribution in [2.24, 2.45) is 0 Å². The third-order valence-corrected chi connectivity index (χ3v) is 4.40. The van der Waals surface area contributed by atoms with E-state index in [1.165, 1.54) is 14.2 Å². The smallest absolute Gasteiger partial charge is 0.319 e. The fourth-order valence-electron chi connectivity index (χ4n) is 2.99. The highest BCUT2D eigenvalue weighted by Gasteiger charge is 2.31. The number of hydrogen-bond donors (Lipinski definition) is 0. The summed E-state index contributed by atoms with van der Waals surface area (Å²) in [6.45, 7) is 3.13. The van der Waals surface area contributed by atoms with E-state index in [0.717, 1.165) is 12.2 Å². The molecule has 27 heavy (non-hydrogen) atoms. The Labute approximate surface area is 155 Å². The van der Waals surface area contributed by atoms with Crippen molar-refractivity contribution in [3.63, 3.8) is 0 Å². The van der Waals surface area contributed by atoms with Gasteiger partial charge < -0.3 is 9.47 Å². The van der Waals surface area contributed by atoms with Gasteiger partial charge in [0, 0.05) is 18.9 Å². The first kappa shape index (κ1) is 17.0. The molecule has 0 fully saturated rings. The highest BCUT2D eigenvalue weighted by molar-refractivity contribution is 6.09. The number of fused-ring (bicyclic) bond motifs is 1. The molecule has 9 heteroatoms. The predicted octanol–water partition coefficient (Wildman–Crippen LogP) is 1.93.